The zero-order valence-electron chi connectivity index (χ0n) is 17.5. The smallest absolute Gasteiger partial charge is 0.252 e. The van der Waals surface area contributed by atoms with Gasteiger partial charge in [-0.25, -0.2) is 9.24 Å². The first kappa shape index (κ1) is 21.2. The Bertz CT molecular complexity index is 1340. The molecule has 2 aromatic carbocycles. The molecule has 7 nitrogen and oxygen atoms in total. The molecule has 2 N–H and O–H groups in total. The fraction of sp³-hybridized carbons (Fsp3) is 0.250. The van der Waals surface area contributed by atoms with Crippen molar-refractivity contribution in [2.75, 3.05) is 0 Å². The van der Waals surface area contributed by atoms with Gasteiger partial charge >= 0.3 is 0 Å². The summed E-state index contributed by atoms with van der Waals surface area (Å²) in [5, 5.41) is 4.54. The third-order valence-corrected chi connectivity index (χ3v) is 6.66. The van der Waals surface area contributed by atoms with Crippen molar-refractivity contribution in [2.45, 2.75) is 37.9 Å². The number of amides is 2. The zero-order chi connectivity index (χ0) is 23.3. The molecule has 2 amide bonds. The molecule has 1 aromatic heterocycles. The fourth-order valence-electron chi connectivity index (χ4n) is 4.46. The lowest BCUT2D eigenvalue weighted by atomic mass is 10.0. The summed E-state index contributed by atoms with van der Waals surface area (Å²) < 4.78 is 15.4. The number of nitrogens with zero attached hydrogens (tertiary/aromatic N) is 4. The third-order valence-electron chi connectivity index (χ3n) is 6.37. The largest absolute Gasteiger partial charge is 0.365 e. The van der Waals surface area contributed by atoms with Gasteiger partial charge in [-0.05, 0) is 36.6 Å². The summed E-state index contributed by atoms with van der Waals surface area (Å²) in [5.41, 5.74) is 8.32. The van der Waals surface area contributed by atoms with Crippen LogP contribution in [-0.4, -0.2) is 32.0 Å². The number of aromatic nitrogens is 2. The minimum Gasteiger partial charge on any atom is -0.365 e. The van der Waals surface area contributed by atoms with Gasteiger partial charge in [0.05, 0.1) is 47.9 Å². The average Bonchev–Trinajstić information content (AvgIpc) is 3.45. The monoisotopic (exact) mass is 463 g/mol. The second-order valence-corrected chi connectivity index (χ2v) is 8.89. The summed E-state index contributed by atoms with van der Waals surface area (Å²) in [6.07, 6.45) is 1.89. The number of carbonyl (C=O) groups excluding carboxylic acids is 2. The van der Waals surface area contributed by atoms with E-state index in [1.807, 2.05) is 4.90 Å². The fourth-order valence-corrected chi connectivity index (χ4v) is 4.64. The van der Waals surface area contributed by atoms with E-state index in [9.17, 15) is 14.0 Å². The van der Waals surface area contributed by atoms with Gasteiger partial charge in [0.2, 0.25) is 5.91 Å². The molecule has 1 aliphatic heterocycles. The highest BCUT2D eigenvalue weighted by atomic mass is 35.5. The molecule has 0 atom stereocenters. The number of hydrogen-bond acceptors (Lipinski definition) is 3. The molecule has 166 valence electrons. The van der Waals surface area contributed by atoms with E-state index in [2.05, 4.69) is 9.94 Å². The molecule has 1 saturated carbocycles. The molecule has 2 heterocycles. The van der Waals surface area contributed by atoms with Crippen molar-refractivity contribution in [3.63, 3.8) is 0 Å². The number of benzene rings is 2. The number of fused-ring (bicyclic) bond motifs is 1. The SMILES string of the molecule is [C-]#[N+]c1ccc(CC(=O)N2Cc3c(C(N)=O)c(-c4ccc(F)c(Cl)c4)nn3CC23CC3)cc1. The highest BCUT2D eigenvalue weighted by Gasteiger charge is 2.53. The van der Waals surface area contributed by atoms with Crippen molar-refractivity contribution >= 4 is 29.1 Å². The Morgan fingerprint density at radius 2 is 1.94 bits per heavy atom. The summed E-state index contributed by atoms with van der Waals surface area (Å²) in [5.74, 6) is -1.29. The van der Waals surface area contributed by atoms with E-state index in [-0.39, 0.29) is 35.0 Å². The maximum atomic E-state index is 13.7. The lowest BCUT2D eigenvalue weighted by Crippen LogP contribution is -2.49. The zero-order valence-corrected chi connectivity index (χ0v) is 18.3. The van der Waals surface area contributed by atoms with E-state index in [1.54, 1.807) is 28.9 Å². The summed E-state index contributed by atoms with van der Waals surface area (Å²) in [6, 6.07) is 11.1. The Hall–Kier alpha value is -3.70. The van der Waals surface area contributed by atoms with Gasteiger partial charge in [-0.3, -0.25) is 14.3 Å². The number of primary amides is 1. The van der Waals surface area contributed by atoms with Crippen molar-refractivity contribution < 1.29 is 14.0 Å². The van der Waals surface area contributed by atoms with E-state index in [4.69, 9.17) is 23.9 Å². The molecule has 1 aliphatic carbocycles. The normalized spacial score (nSPS) is 15.7. The van der Waals surface area contributed by atoms with Gasteiger partial charge < -0.3 is 10.6 Å². The van der Waals surface area contributed by atoms with E-state index < -0.39 is 11.7 Å². The minimum atomic E-state index is -0.666. The van der Waals surface area contributed by atoms with Gasteiger partial charge in [0, 0.05) is 5.56 Å². The van der Waals surface area contributed by atoms with E-state index in [0.717, 1.165) is 18.4 Å². The minimum absolute atomic E-state index is 0.0580. The topological polar surface area (TPSA) is 85.6 Å². The predicted octanol–water partition coefficient (Wildman–Crippen LogP) is 4.11. The van der Waals surface area contributed by atoms with Gasteiger partial charge in [0.1, 0.15) is 11.5 Å². The van der Waals surface area contributed by atoms with Gasteiger partial charge in [-0.15, -0.1) is 0 Å². The second kappa shape index (κ2) is 7.71. The van der Waals surface area contributed by atoms with Gasteiger partial charge in [0.25, 0.3) is 5.91 Å². The van der Waals surface area contributed by atoms with Crippen LogP contribution in [0.2, 0.25) is 5.02 Å². The van der Waals surface area contributed by atoms with Gasteiger partial charge in [-0.2, -0.15) is 5.10 Å². The van der Waals surface area contributed by atoms with Crippen molar-refractivity contribution in [2.24, 2.45) is 5.73 Å². The molecular formula is C24H19ClFN5O2. The van der Waals surface area contributed by atoms with Crippen LogP contribution in [0.4, 0.5) is 10.1 Å². The molecule has 9 heteroatoms. The van der Waals surface area contributed by atoms with Crippen LogP contribution in [0.5, 0.6) is 0 Å². The van der Waals surface area contributed by atoms with Crippen molar-refractivity contribution in [3.8, 4) is 11.3 Å². The number of halogens is 2. The Kier molecular flexibility index (Phi) is 4.94. The lowest BCUT2D eigenvalue weighted by Gasteiger charge is -2.37. The molecule has 0 saturated heterocycles. The molecule has 2 aliphatic rings. The molecule has 0 unspecified atom stereocenters. The summed E-state index contributed by atoms with van der Waals surface area (Å²) in [7, 11) is 0. The van der Waals surface area contributed by atoms with Gasteiger partial charge in [0.15, 0.2) is 5.69 Å². The first-order valence-electron chi connectivity index (χ1n) is 10.4. The lowest BCUT2D eigenvalue weighted by molar-refractivity contribution is -0.136. The number of nitrogens with two attached hydrogens (primary N) is 1. The van der Waals surface area contributed by atoms with E-state index >= 15 is 0 Å². The average molecular weight is 464 g/mol. The highest BCUT2D eigenvalue weighted by molar-refractivity contribution is 6.31. The number of hydrogen-bond donors (Lipinski definition) is 1. The van der Waals surface area contributed by atoms with Crippen LogP contribution in [0.1, 0.15) is 34.5 Å². The Labute approximate surface area is 194 Å². The molecule has 0 bridgehead atoms. The second-order valence-electron chi connectivity index (χ2n) is 8.48. The molecular weight excluding hydrogens is 445 g/mol. The van der Waals surface area contributed by atoms with Crippen LogP contribution in [0.25, 0.3) is 16.1 Å². The molecule has 3 aromatic rings. The summed E-state index contributed by atoms with van der Waals surface area (Å²) in [4.78, 5) is 30.9. The van der Waals surface area contributed by atoms with Crippen LogP contribution in [0.15, 0.2) is 42.5 Å². The quantitative estimate of drug-likeness (QED) is 0.591. The summed E-state index contributed by atoms with van der Waals surface area (Å²) >= 11 is 5.94. The molecule has 5 rings (SSSR count). The van der Waals surface area contributed by atoms with Crippen LogP contribution in [0, 0.1) is 12.4 Å². The van der Waals surface area contributed by atoms with Crippen molar-refractivity contribution in [1.29, 1.82) is 0 Å². The predicted molar refractivity (Wildman–Crippen MR) is 120 cm³/mol. The van der Waals surface area contributed by atoms with Crippen molar-refractivity contribution in [3.05, 3.63) is 81.5 Å². The Morgan fingerprint density at radius 1 is 1.21 bits per heavy atom. The molecule has 33 heavy (non-hydrogen) atoms. The molecule has 0 radical (unpaired) electrons. The van der Waals surface area contributed by atoms with Gasteiger partial charge in [-0.1, -0.05) is 35.9 Å². The standard InChI is InChI=1S/C24H19ClFN5O2/c1-28-16-5-2-14(3-6-16)10-20(32)30-12-19-21(23(27)33)22(15-4-7-18(26)17(25)11-15)29-31(19)13-24(30)8-9-24/h2-7,11H,8-10,12-13H2,(H2,27,33). The van der Waals surface area contributed by atoms with E-state index in [0.29, 0.717) is 29.2 Å². The number of carbonyl (C=O) groups is 2. The third kappa shape index (κ3) is 3.64. The maximum absolute atomic E-state index is 13.7. The Balaban J connectivity index is 1.50. The maximum Gasteiger partial charge on any atom is 0.252 e. The first-order chi connectivity index (χ1) is 15.8. The molecule has 1 spiro atoms. The van der Waals surface area contributed by atoms with Crippen LogP contribution < -0.4 is 5.73 Å². The molecule has 1 fully saturated rings. The van der Waals surface area contributed by atoms with Crippen LogP contribution >= 0.6 is 11.6 Å². The first-order valence-corrected chi connectivity index (χ1v) is 10.8. The number of rotatable bonds is 4. The van der Waals surface area contributed by atoms with E-state index in [1.165, 1.54) is 18.2 Å². The highest BCUT2D eigenvalue weighted by Crippen LogP contribution is 2.48. The summed E-state index contributed by atoms with van der Waals surface area (Å²) in [6.45, 7) is 7.73. The Morgan fingerprint density at radius 3 is 2.55 bits per heavy atom. The van der Waals surface area contributed by atoms with Crippen LogP contribution in [-0.2, 0) is 24.3 Å². The van der Waals surface area contributed by atoms with Crippen LogP contribution in [0.3, 0.4) is 0 Å². The van der Waals surface area contributed by atoms with Crippen molar-refractivity contribution in [1.82, 2.24) is 14.7 Å².